The molecule has 2 aromatic rings. The molecule has 0 heterocycles. The maximum absolute atomic E-state index is 13.3. The van der Waals surface area contributed by atoms with Crippen LogP contribution in [0.15, 0.2) is 48.5 Å². The number of hydrogen-bond donors (Lipinski definition) is 3. The Kier molecular flexibility index (Phi) is 21.3. The van der Waals surface area contributed by atoms with Crippen molar-refractivity contribution in [3.8, 4) is 11.8 Å². The van der Waals surface area contributed by atoms with Crippen LogP contribution in [0.3, 0.4) is 0 Å². The van der Waals surface area contributed by atoms with Gasteiger partial charge in [0, 0.05) is 26.6 Å². The Morgan fingerprint density at radius 2 is 1.78 bits per heavy atom. The molecular weight excluding hydrogens is 464 g/mol. The van der Waals surface area contributed by atoms with Gasteiger partial charge in [0.25, 0.3) is 0 Å². The van der Waals surface area contributed by atoms with Crippen molar-refractivity contribution < 1.29 is 28.8 Å². The van der Waals surface area contributed by atoms with Gasteiger partial charge in [-0.05, 0) is 36.6 Å². The van der Waals surface area contributed by atoms with E-state index >= 15 is 0 Å². The molecule has 0 spiro atoms. The number of carbonyl (C=O) groups excluding carboxylic acids is 2. The predicted octanol–water partition coefficient (Wildman–Crippen LogP) is 3.29. The van der Waals surface area contributed by atoms with Gasteiger partial charge in [0.2, 0.25) is 12.3 Å². The van der Waals surface area contributed by atoms with E-state index in [4.69, 9.17) is 10.00 Å². The molecule has 10 heteroatoms. The van der Waals surface area contributed by atoms with Crippen LogP contribution < -0.4 is 10.1 Å². The van der Waals surface area contributed by atoms with Crippen molar-refractivity contribution in [2.75, 3.05) is 20.7 Å². The molecule has 2 aromatic carbocycles. The van der Waals surface area contributed by atoms with Gasteiger partial charge in [-0.1, -0.05) is 51.1 Å². The van der Waals surface area contributed by atoms with E-state index in [1.165, 1.54) is 17.0 Å². The normalized spacial score (nSPS) is 9.78. The standard InChI is InChI=1S/C18H21BFNO4.C3H7NO.C3H5N.C2H6/c1-13-9-15(20)12-16(10-13)25-8-7-18(22)21-17(19(23)24)11-14-5-3-2-4-6-14;1-4(2)3-5;1-2-3-4;1-2/h2-6,9-10,12,17,23-24H,7-8,11H2,1H3,(H,21,22);3H,1-2H3;2H2,1H3;1-2H3. The number of nitrogens with one attached hydrogen (secondary N) is 1. The Balaban J connectivity index is 0. The summed E-state index contributed by atoms with van der Waals surface area (Å²) in [7, 11) is 1.70. The molecule has 0 bridgehead atoms. The summed E-state index contributed by atoms with van der Waals surface area (Å²) >= 11 is 0. The zero-order valence-corrected chi connectivity index (χ0v) is 22.1. The van der Waals surface area contributed by atoms with Gasteiger partial charge in [-0.25, -0.2) is 4.39 Å². The Morgan fingerprint density at radius 3 is 2.22 bits per heavy atom. The highest BCUT2D eigenvalue weighted by Crippen LogP contribution is 2.15. The van der Waals surface area contributed by atoms with Gasteiger partial charge < -0.3 is 25.0 Å². The van der Waals surface area contributed by atoms with Crippen LogP contribution in [0.1, 0.15) is 44.7 Å². The average Bonchev–Trinajstić information content (AvgIpc) is 2.85. The number of nitriles is 1. The third kappa shape index (κ3) is 19.0. The van der Waals surface area contributed by atoms with Crippen LogP contribution in [0.25, 0.3) is 0 Å². The molecule has 0 fully saturated rings. The number of carbonyl (C=O) groups is 2. The largest absolute Gasteiger partial charge is 0.493 e. The monoisotopic (exact) mass is 503 g/mol. The van der Waals surface area contributed by atoms with E-state index in [0.717, 1.165) is 17.5 Å². The first-order chi connectivity index (χ1) is 17.1. The molecule has 1 atom stereocenters. The second-order valence-electron chi connectivity index (χ2n) is 7.42. The van der Waals surface area contributed by atoms with Gasteiger partial charge in [-0.15, -0.1) is 0 Å². The van der Waals surface area contributed by atoms with E-state index in [-0.39, 0.29) is 18.9 Å². The van der Waals surface area contributed by atoms with Gasteiger partial charge in [-0.2, -0.15) is 5.26 Å². The Labute approximate surface area is 214 Å². The quantitative estimate of drug-likeness (QED) is 0.357. The summed E-state index contributed by atoms with van der Waals surface area (Å²) in [4.78, 5) is 22.9. The number of hydrogen-bond acceptors (Lipinski definition) is 6. The predicted molar refractivity (Wildman–Crippen MR) is 141 cm³/mol. The Morgan fingerprint density at radius 1 is 1.22 bits per heavy atom. The molecule has 3 N–H and O–H groups in total. The van der Waals surface area contributed by atoms with Crippen molar-refractivity contribution in [2.24, 2.45) is 0 Å². The van der Waals surface area contributed by atoms with E-state index in [0.29, 0.717) is 18.6 Å². The van der Waals surface area contributed by atoms with E-state index in [1.54, 1.807) is 27.1 Å². The zero-order valence-electron chi connectivity index (χ0n) is 22.1. The SMILES string of the molecule is CC.CCC#N.CN(C)C=O.Cc1cc(F)cc(OCCC(=O)NC(Cc2ccccc2)B(O)O)c1. The molecule has 0 radical (unpaired) electrons. The molecule has 0 saturated heterocycles. The van der Waals surface area contributed by atoms with E-state index in [9.17, 15) is 24.0 Å². The van der Waals surface area contributed by atoms with Crippen LogP contribution in [0.2, 0.25) is 0 Å². The van der Waals surface area contributed by atoms with Crippen LogP contribution in [0, 0.1) is 24.1 Å². The van der Waals surface area contributed by atoms with Gasteiger partial charge >= 0.3 is 7.12 Å². The molecule has 0 saturated carbocycles. The second-order valence-corrected chi connectivity index (χ2v) is 7.42. The fraction of sp³-hybridized carbons (Fsp3) is 0.423. The lowest BCUT2D eigenvalue weighted by Gasteiger charge is -2.18. The summed E-state index contributed by atoms with van der Waals surface area (Å²) in [6.07, 6.45) is 1.70. The van der Waals surface area contributed by atoms with Crippen molar-refractivity contribution in [1.29, 1.82) is 5.26 Å². The maximum atomic E-state index is 13.3. The van der Waals surface area contributed by atoms with Crippen molar-refractivity contribution >= 4 is 19.4 Å². The highest BCUT2D eigenvalue weighted by Gasteiger charge is 2.25. The summed E-state index contributed by atoms with van der Waals surface area (Å²) < 4.78 is 18.6. The second kappa shape index (κ2) is 22.1. The summed E-state index contributed by atoms with van der Waals surface area (Å²) in [5.74, 6) is -1.23. The lowest BCUT2D eigenvalue weighted by Crippen LogP contribution is -2.48. The lowest BCUT2D eigenvalue weighted by molar-refractivity contribution is -0.122. The number of nitrogens with zero attached hydrogens (tertiary/aromatic N) is 2. The lowest BCUT2D eigenvalue weighted by atomic mass is 9.76. The first-order valence-corrected chi connectivity index (χ1v) is 11.7. The maximum Gasteiger partial charge on any atom is 0.475 e. The van der Waals surface area contributed by atoms with Crippen LogP contribution in [0.4, 0.5) is 4.39 Å². The highest BCUT2D eigenvalue weighted by atomic mass is 19.1. The molecule has 2 amide bonds. The van der Waals surface area contributed by atoms with Gasteiger partial charge in [-0.3, -0.25) is 9.59 Å². The number of benzene rings is 2. The fourth-order valence-corrected chi connectivity index (χ4v) is 2.43. The topological polar surface area (TPSA) is 123 Å². The summed E-state index contributed by atoms with van der Waals surface area (Å²) in [5, 5.41) is 29.1. The first kappa shape index (κ1) is 34.8. The van der Waals surface area contributed by atoms with Crippen molar-refractivity contribution in [3.05, 3.63) is 65.5 Å². The molecule has 0 aromatic heterocycles. The molecule has 0 aliphatic heterocycles. The number of aryl methyl sites for hydroxylation is 1. The van der Waals surface area contributed by atoms with Crippen molar-refractivity contribution in [2.45, 2.75) is 52.9 Å². The minimum Gasteiger partial charge on any atom is -0.493 e. The molecule has 2 rings (SSSR count). The number of halogens is 1. The third-order valence-corrected chi connectivity index (χ3v) is 3.99. The molecule has 0 aliphatic carbocycles. The minimum atomic E-state index is -1.67. The van der Waals surface area contributed by atoms with Crippen LogP contribution in [-0.4, -0.2) is 61.0 Å². The molecule has 1 unspecified atom stereocenters. The average molecular weight is 503 g/mol. The van der Waals surface area contributed by atoms with Crippen LogP contribution in [0.5, 0.6) is 5.75 Å². The van der Waals surface area contributed by atoms with E-state index in [2.05, 4.69) is 5.32 Å². The van der Waals surface area contributed by atoms with E-state index < -0.39 is 18.9 Å². The van der Waals surface area contributed by atoms with Crippen molar-refractivity contribution in [3.63, 3.8) is 0 Å². The van der Waals surface area contributed by atoms with Crippen LogP contribution >= 0.6 is 0 Å². The van der Waals surface area contributed by atoms with Gasteiger partial charge in [0.05, 0.1) is 25.0 Å². The molecule has 8 nitrogen and oxygen atoms in total. The van der Waals surface area contributed by atoms with Gasteiger partial charge in [0.15, 0.2) is 0 Å². The number of amides is 2. The number of rotatable bonds is 9. The fourth-order valence-electron chi connectivity index (χ4n) is 2.43. The van der Waals surface area contributed by atoms with Crippen LogP contribution in [-0.2, 0) is 16.0 Å². The minimum absolute atomic E-state index is 0.0214. The molecule has 36 heavy (non-hydrogen) atoms. The molecular formula is C26H39BFN3O5. The number of ether oxygens (including phenoxy) is 1. The molecule has 198 valence electrons. The Hall–Kier alpha value is -3.42. The summed E-state index contributed by atoms with van der Waals surface area (Å²) in [6, 6.07) is 15.5. The van der Waals surface area contributed by atoms with Gasteiger partial charge in [0.1, 0.15) is 11.6 Å². The zero-order chi connectivity index (χ0) is 27.9. The first-order valence-electron chi connectivity index (χ1n) is 11.7. The highest BCUT2D eigenvalue weighted by molar-refractivity contribution is 6.43. The van der Waals surface area contributed by atoms with E-state index in [1.807, 2.05) is 57.2 Å². The van der Waals surface area contributed by atoms with Crippen molar-refractivity contribution in [1.82, 2.24) is 10.2 Å². The third-order valence-electron chi connectivity index (χ3n) is 3.99. The smallest absolute Gasteiger partial charge is 0.475 e. The Bertz CT molecular complexity index is 873. The summed E-state index contributed by atoms with van der Waals surface area (Å²) in [5.41, 5.74) is 1.61. The summed E-state index contributed by atoms with van der Waals surface area (Å²) in [6.45, 7) is 7.63. The molecule has 0 aliphatic rings.